The van der Waals surface area contributed by atoms with Gasteiger partial charge in [0.25, 0.3) is 0 Å². The molecule has 1 aliphatic rings. The van der Waals surface area contributed by atoms with Gasteiger partial charge in [0.1, 0.15) is 11.6 Å². The van der Waals surface area contributed by atoms with E-state index in [-0.39, 0.29) is 0 Å². The number of allylic oxidation sites excluding steroid dienone is 2. The first-order valence-electron chi connectivity index (χ1n) is 3.84. The maximum atomic E-state index is 13.7. The molecule has 1 rings (SSSR count). The van der Waals surface area contributed by atoms with Gasteiger partial charge in [-0.05, 0) is 19.3 Å². The highest BCUT2D eigenvalue weighted by atomic mass is 32.2. The van der Waals surface area contributed by atoms with Crippen LogP contribution in [0.15, 0.2) is 23.1 Å². The van der Waals surface area contributed by atoms with Crippen molar-refractivity contribution in [3.8, 4) is 0 Å². The lowest BCUT2D eigenvalue weighted by atomic mass is 9.87. The number of carboxylic acid groups (broad SMARTS) is 1. The second-order valence-electron chi connectivity index (χ2n) is 3.08. The monoisotopic (exact) mass is 202 g/mol. The summed E-state index contributed by atoms with van der Waals surface area (Å²) in [5, 5.41) is 8.71. The predicted molar refractivity (Wildman–Crippen MR) is 51.4 cm³/mol. The summed E-state index contributed by atoms with van der Waals surface area (Å²) in [6, 6.07) is 0. The molecule has 0 radical (unpaired) electrons. The van der Waals surface area contributed by atoms with Crippen molar-refractivity contribution in [3.05, 3.63) is 23.1 Å². The smallest absolute Gasteiger partial charge is 0.313 e. The number of rotatable bonds is 2. The molecule has 1 aliphatic carbocycles. The minimum Gasteiger partial charge on any atom is -0.481 e. The number of carbonyl (C=O) groups is 1. The van der Waals surface area contributed by atoms with Crippen LogP contribution in [-0.2, 0) is 4.79 Å². The van der Waals surface area contributed by atoms with E-state index in [9.17, 15) is 9.18 Å². The summed E-state index contributed by atoms with van der Waals surface area (Å²) in [6.45, 7) is 1.28. The van der Waals surface area contributed by atoms with E-state index in [0.29, 0.717) is 0 Å². The van der Waals surface area contributed by atoms with E-state index in [1.54, 1.807) is 6.08 Å². The molecule has 0 spiro atoms. The molecule has 0 amide bonds. The van der Waals surface area contributed by atoms with Crippen molar-refractivity contribution in [2.24, 2.45) is 5.92 Å². The summed E-state index contributed by atoms with van der Waals surface area (Å²) in [7, 11) is 0. The molecule has 0 bridgehead atoms. The van der Waals surface area contributed by atoms with Crippen LogP contribution in [0.25, 0.3) is 0 Å². The Bertz CT molecular complexity index is 281. The number of thioether (sulfide) groups is 1. The Morgan fingerprint density at radius 1 is 1.77 bits per heavy atom. The van der Waals surface area contributed by atoms with Crippen molar-refractivity contribution >= 4 is 17.7 Å². The van der Waals surface area contributed by atoms with Crippen molar-refractivity contribution in [1.29, 1.82) is 0 Å². The Kier molecular flexibility index (Phi) is 2.81. The lowest BCUT2D eigenvalue weighted by Gasteiger charge is -2.25. The Morgan fingerprint density at radius 3 is 2.77 bits per heavy atom. The fourth-order valence-corrected chi connectivity index (χ4v) is 1.81. The molecule has 0 saturated carbocycles. The van der Waals surface area contributed by atoms with Gasteiger partial charge in [-0.15, -0.1) is 11.8 Å². The summed E-state index contributed by atoms with van der Waals surface area (Å²) < 4.78 is 13.7. The van der Waals surface area contributed by atoms with Gasteiger partial charge in [-0.2, -0.15) is 0 Å². The molecule has 1 N–H and O–H groups in total. The van der Waals surface area contributed by atoms with Gasteiger partial charge in [-0.1, -0.05) is 12.2 Å². The van der Waals surface area contributed by atoms with Gasteiger partial charge in [-0.3, -0.25) is 4.79 Å². The first kappa shape index (κ1) is 10.3. The highest BCUT2D eigenvalue weighted by Gasteiger charge is 2.38. The first-order valence-corrected chi connectivity index (χ1v) is 5.06. The molecule has 0 aromatic heterocycles. The van der Waals surface area contributed by atoms with Crippen LogP contribution in [0.4, 0.5) is 4.39 Å². The van der Waals surface area contributed by atoms with Crippen molar-refractivity contribution in [3.63, 3.8) is 0 Å². The lowest BCUT2D eigenvalue weighted by Crippen LogP contribution is -2.34. The standard InChI is InChI=1S/C9H11FO2S/c1-9(10)5-6(13-2)3-4-7(9)8(11)12/h3-5,7H,1-2H3,(H,11,12). The van der Waals surface area contributed by atoms with E-state index < -0.39 is 17.6 Å². The number of halogens is 1. The Hall–Kier alpha value is -0.770. The van der Waals surface area contributed by atoms with Crippen LogP contribution in [0, 0.1) is 5.92 Å². The molecule has 0 aromatic carbocycles. The molecule has 0 aromatic rings. The third-order valence-corrected chi connectivity index (χ3v) is 2.71. The maximum Gasteiger partial charge on any atom is 0.313 e. The maximum absolute atomic E-state index is 13.7. The molecule has 13 heavy (non-hydrogen) atoms. The summed E-state index contributed by atoms with van der Waals surface area (Å²) in [5.41, 5.74) is -1.78. The second kappa shape index (κ2) is 3.54. The van der Waals surface area contributed by atoms with Crippen LogP contribution in [-0.4, -0.2) is 23.0 Å². The zero-order chi connectivity index (χ0) is 10.1. The number of hydrogen-bond acceptors (Lipinski definition) is 2. The first-order chi connectivity index (χ1) is 5.97. The van der Waals surface area contributed by atoms with Crippen LogP contribution in [0.3, 0.4) is 0 Å². The molecular formula is C9H11FO2S. The van der Waals surface area contributed by atoms with Crippen LogP contribution in [0.2, 0.25) is 0 Å². The summed E-state index contributed by atoms with van der Waals surface area (Å²) in [6.07, 6.45) is 6.22. The van der Waals surface area contributed by atoms with Crippen molar-refractivity contribution < 1.29 is 14.3 Å². The SMILES string of the molecule is CSC1=CC(C)(F)C(C(=O)O)C=C1. The normalized spacial score (nSPS) is 32.8. The summed E-state index contributed by atoms with van der Waals surface area (Å²) in [4.78, 5) is 11.4. The Morgan fingerprint density at radius 2 is 2.38 bits per heavy atom. The second-order valence-corrected chi connectivity index (χ2v) is 3.96. The van der Waals surface area contributed by atoms with Crippen molar-refractivity contribution in [2.75, 3.05) is 6.26 Å². The van der Waals surface area contributed by atoms with E-state index in [4.69, 9.17) is 5.11 Å². The zero-order valence-corrected chi connectivity index (χ0v) is 8.27. The van der Waals surface area contributed by atoms with Crippen LogP contribution in [0.5, 0.6) is 0 Å². The van der Waals surface area contributed by atoms with Gasteiger partial charge in [-0.25, -0.2) is 4.39 Å². The number of alkyl halides is 1. The van der Waals surface area contributed by atoms with Crippen molar-refractivity contribution in [2.45, 2.75) is 12.6 Å². The van der Waals surface area contributed by atoms with E-state index >= 15 is 0 Å². The van der Waals surface area contributed by atoms with Crippen molar-refractivity contribution in [1.82, 2.24) is 0 Å². The molecule has 0 saturated heterocycles. The Labute approximate surface area is 80.5 Å². The van der Waals surface area contributed by atoms with E-state index in [2.05, 4.69) is 0 Å². The average Bonchev–Trinajstić information content (AvgIpc) is 2.01. The number of carboxylic acids is 1. The zero-order valence-electron chi connectivity index (χ0n) is 7.45. The topological polar surface area (TPSA) is 37.3 Å². The molecule has 2 unspecified atom stereocenters. The predicted octanol–water partition coefficient (Wildman–Crippen LogP) is 2.23. The highest BCUT2D eigenvalue weighted by molar-refractivity contribution is 8.02. The molecule has 0 aliphatic heterocycles. The molecule has 2 atom stereocenters. The fraction of sp³-hybridized carbons (Fsp3) is 0.444. The summed E-state index contributed by atoms with van der Waals surface area (Å²) >= 11 is 1.40. The van der Waals surface area contributed by atoms with Gasteiger partial charge in [0.2, 0.25) is 0 Å². The summed E-state index contributed by atoms with van der Waals surface area (Å²) in [5.74, 6) is -2.19. The minimum atomic E-state index is -1.78. The Balaban J connectivity index is 2.94. The van der Waals surface area contributed by atoms with Gasteiger partial charge in [0.15, 0.2) is 0 Å². The van der Waals surface area contributed by atoms with Gasteiger partial charge < -0.3 is 5.11 Å². The van der Waals surface area contributed by atoms with E-state index in [1.165, 1.54) is 30.8 Å². The van der Waals surface area contributed by atoms with Gasteiger partial charge in [0.05, 0.1) is 0 Å². The fourth-order valence-electron chi connectivity index (χ4n) is 1.25. The van der Waals surface area contributed by atoms with Gasteiger partial charge >= 0.3 is 5.97 Å². The lowest BCUT2D eigenvalue weighted by molar-refractivity contribution is -0.143. The number of aliphatic carboxylic acids is 1. The third kappa shape index (κ3) is 2.12. The van der Waals surface area contributed by atoms with Gasteiger partial charge in [0, 0.05) is 4.91 Å². The highest BCUT2D eigenvalue weighted by Crippen LogP contribution is 2.33. The average molecular weight is 202 g/mol. The largest absolute Gasteiger partial charge is 0.481 e. The van der Waals surface area contributed by atoms with E-state index in [0.717, 1.165) is 4.91 Å². The molecular weight excluding hydrogens is 191 g/mol. The quantitative estimate of drug-likeness (QED) is 0.746. The molecule has 0 fully saturated rings. The minimum absolute atomic E-state index is 0.766. The molecule has 2 nitrogen and oxygen atoms in total. The van der Waals surface area contributed by atoms with Crippen LogP contribution >= 0.6 is 11.8 Å². The van der Waals surface area contributed by atoms with E-state index in [1.807, 2.05) is 6.26 Å². The molecule has 0 heterocycles. The van der Waals surface area contributed by atoms with Crippen LogP contribution in [0.1, 0.15) is 6.92 Å². The molecule has 4 heteroatoms. The molecule has 72 valence electrons. The number of hydrogen-bond donors (Lipinski definition) is 1. The third-order valence-electron chi connectivity index (χ3n) is 1.99. The van der Waals surface area contributed by atoms with Crippen LogP contribution < -0.4 is 0 Å².